The Bertz CT molecular complexity index is 1390. The summed E-state index contributed by atoms with van der Waals surface area (Å²) in [5.74, 6) is 0.485. The van der Waals surface area contributed by atoms with Crippen molar-refractivity contribution in [1.29, 1.82) is 0 Å². The number of carboxylic acids is 1. The first-order valence-corrected chi connectivity index (χ1v) is 15.5. The fourth-order valence-corrected chi connectivity index (χ4v) is 6.15. The average molecular weight is 589 g/mol. The number of benzene rings is 2. The van der Waals surface area contributed by atoms with E-state index in [4.69, 9.17) is 9.72 Å². The Morgan fingerprint density at radius 2 is 1.70 bits per heavy atom. The third-order valence-corrected chi connectivity index (χ3v) is 9.01. The quantitative estimate of drug-likeness (QED) is 0.277. The number of aliphatic carboxylic acids is 1. The van der Waals surface area contributed by atoms with Gasteiger partial charge in [-0.05, 0) is 93.6 Å². The van der Waals surface area contributed by atoms with Gasteiger partial charge < -0.3 is 25.0 Å². The van der Waals surface area contributed by atoms with E-state index in [2.05, 4.69) is 48.1 Å². The van der Waals surface area contributed by atoms with Crippen LogP contribution in [0.25, 0.3) is 11.1 Å². The summed E-state index contributed by atoms with van der Waals surface area (Å²) in [6.07, 6.45) is 4.75. The number of likely N-dealkylation sites (tertiary alicyclic amines) is 1. The maximum atomic E-state index is 13.2. The van der Waals surface area contributed by atoms with Gasteiger partial charge in [-0.1, -0.05) is 38.1 Å². The van der Waals surface area contributed by atoms with Crippen molar-refractivity contribution in [3.05, 3.63) is 71.2 Å². The molecule has 0 bridgehead atoms. The number of hydrogen-bond donors (Lipinski definition) is 2. The largest absolute Gasteiger partial charge is 0.493 e. The molecule has 2 aliphatic rings. The Morgan fingerprint density at radius 3 is 2.33 bits per heavy atom. The molecule has 0 radical (unpaired) electrons. The fraction of sp³-hybridized carbons (Fsp3) is 0.486. The first-order valence-electron chi connectivity index (χ1n) is 15.5. The topological polar surface area (TPSA) is 77.9 Å². The van der Waals surface area contributed by atoms with Gasteiger partial charge in [0.25, 0.3) is 0 Å². The van der Waals surface area contributed by atoms with Crippen LogP contribution < -0.4 is 15.0 Å². The smallest absolute Gasteiger partial charge is 0.307 e. The zero-order valence-corrected chi connectivity index (χ0v) is 26.0. The van der Waals surface area contributed by atoms with E-state index in [1.807, 2.05) is 19.1 Å². The first-order chi connectivity index (χ1) is 20.6. The molecule has 0 unspecified atom stereocenters. The number of anilines is 2. The molecule has 0 aliphatic carbocycles. The summed E-state index contributed by atoms with van der Waals surface area (Å²) in [6, 6.07) is 14.9. The molecule has 0 atom stereocenters. The van der Waals surface area contributed by atoms with E-state index in [1.54, 1.807) is 12.1 Å². The molecule has 2 saturated heterocycles. The average Bonchev–Trinajstić information content (AvgIpc) is 2.97. The number of aryl methyl sites for hydroxylation is 1. The summed E-state index contributed by atoms with van der Waals surface area (Å²) in [4.78, 5) is 21.9. The number of carbonyl (C=O) groups is 1. The number of ether oxygens (including phenoxy) is 1. The molecular weight excluding hydrogens is 543 g/mol. The fourth-order valence-electron chi connectivity index (χ4n) is 6.15. The van der Waals surface area contributed by atoms with Crippen LogP contribution in [-0.4, -0.2) is 66.8 Å². The van der Waals surface area contributed by atoms with Crippen molar-refractivity contribution in [3.8, 4) is 16.9 Å². The molecule has 230 valence electrons. The minimum atomic E-state index is -0.852. The number of halogens is 1. The van der Waals surface area contributed by atoms with E-state index in [0.29, 0.717) is 19.1 Å². The number of pyridine rings is 1. The minimum absolute atomic E-state index is 0.0693. The molecule has 2 N–H and O–H groups in total. The van der Waals surface area contributed by atoms with Gasteiger partial charge in [0.1, 0.15) is 17.4 Å². The second-order valence-electron chi connectivity index (χ2n) is 12.9. The van der Waals surface area contributed by atoms with Gasteiger partial charge in [0.15, 0.2) is 0 Å². The van der Waals surface area contributed by atoms with Crippen molar-refractivity contribution < 1.29 is 19.0 Å². The minimum Gasteiger partial charge on any atom is -0.493 e. The van der Waals surface area contributed by atoms with Crippen LogP contribution in [0.3, 0.4) is 0 Å². The standard InChI is InChI=1S/C35H45FN4O3/c1-24-30(23-31(41)42)33(40-20-16-35(2,3)17-21-40)32(34(37-24)38-28-13-18-39(4)19-14-28)26-7-11-29(12-8-26)43-22-15-25-5-9-27(36)10-6-25/h5-12,28H,13-23H2,1-4H3,(H,37,38)(H,41,42). The normalized spacial score (nSPS) is 17.6. The highest BCUT2D eigenvalue weighted by Gasteiger charge is 2.31. The zero-order valence-electron chi connectivity index (χ0n) is 26.0. The second kappa shape index (κ2) is 13.3. The van der Waals surface area contributed by atoms with E-state index in [0.717, 1.165) is 97.1 Å². The van der Waals surface area contributed by atoms with Gasteiger partial charge in [-0.3, -0.25) is 4.79 Å². The Hall–Kier alpha value is -3.65. The van der Waals surface area contributed by atoms with Crippen molar-refractivity contribution in [2.75, 3.05) is 50.1 Å². The van der Waals surface area contributed by atoms with Crippen LogP contribution in [0.15, 0.2) is 48.5 Å². The van der Waals surface area contributed by atoms with Crippen LogP contribution in [-0.2, 0) is 17.6 Å². The summed E-state index contributed by atoms with van der Waals surface area (Å²) in [5.41, 5.74) is 5.78. The van der Waals surface area contributed by atoms with Gasteiger partial charge in [0.05, 0.1) is 18.7 Å². The molecule has 1 aromatic heterocycles. The lowest BCUT2D eigenvalue weighted by atomic mass is 9.82. The summed E-state index contributed by atoms with van der Waals surface area (Å²) >= 11 is 0. The number of hydrogen-bond acceptors (Lipinski definition) is 6. The summed E-state index contributed by atoms with van der Waals surface area (Å²) in [7, 11) is 2.16. The molecular formula is C35H45FN4O3. The van der Waals surface area contributed by atoms with E-state index in [1.165, 1.54) is 12.1 Å². The molecule has 2 aliphatic heterocycles. The predicted molar refractivity (Wildman–Crippen MR) is 171 cm³/mol. The molecule has 2 aromatic carbocycles. The summed E-state index contributed by atoms with van der Waals surface area (Å²) in [6.45, 7) is 10.8. The van der Waals surface area contributed by atoms with E-state index in [-0.39, 0.29) is 17.7 Å². The van der Waals surface area contributed by atoms with Gasteiger partial charge in [-0.25, -0.2) is 9.37 Å². The highest BCUT2D eigenvalue weighted by atomic mass is 19.1. The molecule has 3 heterocycles. The van der Waals surface area contributed by atoms with Gasteiger partial charge in [-0.15, -0.1) is 0 Å². The second-order valence-corrected chi connectivity index (χ2v) is 12.9. The van der Waals surface area contributed by atoms with Crippen molar-refractivity contribution >= 4 is 17.5 Å². The Balaban J connectivity index is 1.49. The number of rotatable bonds is 10. The highest BCUT2D eigenvalue weighted by Crippen LogP contribution is 2.44. The SMILES string of the molecule is Cc1nc(NC2CCN(C)CC2)c(-c2ccc(OCCc3ccc(F)cc3)cc2)c(N2CCC(C)(C)CC2)c1CC(=O)O. The molecule has 0 saturated carbocycles. The molecule has 0 amide bonds. The number of carboxylic acid groups (broad SMARTS) is 1. The Labute approximate surface area is 255 Å². The summed E-state index contributed by atoms with van der Waals surface area (Å²) in [5, 5.41) is 13.7. The lowest BCUT2D eigenvalue weighted by Crippen LogP contribution is -2.39. The van der Waals surface area contributed by atoms with Crippen LogP contribution in [0, 0.1) is 18.2 Å². The van der Waals surface area contributed by atoms with Crippen LogP contribution in [0.5, 0.6) is 5.75 Å². The third-order valence-electron chi connectivity index (χ3n) is 9.01. The Morgan fingerprint density at radius 1 is 1.05 bits per heavy atom. The third kappa shape index (κ3) is 7.85. The molecule has 2 fully saturated rings. The van der Waals surface area contributed by atoms with Crippen LogP contribution in [0.1, 0.15) is 56.4 Å². The monoisotopic (exact) mass is 588 g/mol. The van der Waals surface area contributed by atoms with E-state index >= 15 is 0 Å². The molecule has 7 nitrogen and oxygen atoms in total. The lowest BCUT2D eigenvalue weighted by Gasteiger charge is -2.40. The van der Waals surface area contributed by atoms with Crippen LogP contribution in [0.2, 0.25) is 0 Å². The molecule has 8 heteroatoms. The van der Waals surface area contributed by atoms with Gasteiger partial charge in [-0.2, -0.15) is 0 Å². The highest BCUT2D eigenvalue weighted by molar-refractivity contribution is 5.91. The van der Waals surface area contributed by atoms with E-state index < -0.39 is 5.97 Å². The number of piperidine rings is 2. The predicted octanol–water partition coefficient (Wildman–Crippen LogP) is 6.58. The maximum absolute atomic E-state index is 13.2. The Kier molecular flexibility index (Phi) is 9.55. The number of nitrogens with zero attached hydrogens (tertiary/aromatic N) is 3. The molecule has 0 spiro atoms. The maximum Gasteiger partial charge on any atom is 0.307 e. The zero-order chi connectivity index (χ0) is 30.6. The van der Waals surface area contributed by atoms with Crippen LogP contribution in [0.4, 0.5) is 15.9 Å². The molecule has 3 aromatic rings. The lowest BCUT2D eigenvalue weighted by molar-refractivity contribution is -0.136. The first kappa shape index (κ1) is 30.8. The summed E-state index contributed by atoms with van der Waals surface area (Å²) < 4.78 is 19.3. The van der Waals surface area contributed by atoms with E-state index in [9.17, 15) is 14.3 Å². The van der Waals surface area contributed by atoms with Crippen molar-refractivity contribution in [1.82, 2.24) is 9.88 Å². The molecule has 43 heavy (non-hydrogen) atoms. The van der Waals surface area contributed by atoms with Crippen LogP contribution >= 0.6 is 0 Å². The van der Waals surface area contributed by atoms with Crippen molar-refractivity contribution in [3.63, 3.8) is 0 Å². The number of aromatic nitrogens is 1. The van der Waals surface area contributed by atoms with Gasteiger partial charge in [0, 0.05) is 42.4 Å². The van der Waals surface area contributed by atoms with Gasteiger partial charge in [0.2, 0.25) is 0 Å². The van der Waals surface area contributed by atoms with Gasteiger partial charge >= 0.3 is 5.97 Å². The van der Waals surface area contributed by atoms with Crippen molar-refractivity contribution in [2.24, 2.45) is 5.41 Å². The van der Waals surface area contributed by atoms with Crippen molar-refractivity contribution in [2.45, 2.75) is 65.3 Å². The number of nitrogens with one attached hydrogen (secondary N) is 1. The molecule has 5 rings (SSSR count).